The lowest BCUT2D eigenvalue weighted by Crippen LogP contribution is -2.61. The van der Waals surface area contributed by atoms with Gasteiger partial charge in [-0.2, -0.15) is 17.0 Å². The van der Waals surface area contributed by atoms with Gasteiger partial charge in [-0.1, -0.05) is 0 Å². The topological polar surface area (TPSA) is 127 Å². The molecule has 280 valence electrons. The average molecular weight is 728 g/mol. The Labute approximate surface area is 302 Å². The zero-order valence-corrected chi connectivity index (χ0v) is 31.4. The number of benzene rings is 1. The maximum Gasteiger partial charge on any atom is 0.282 e. The summed E-state index contributed by atoms with van der Waals surface area (Å²) < 4.78 is 50.9. The number of amides is 1. The summed E-state index contributed by atoms with van der Waals surface area (Å²) in [5.41, 5.74) is 0.649. The first-order valence-electron chi connectivity index (χ1n) is 18.8. The maximum atomic E-state index is 14.4. The quantitative estimate of drug-likeness (QED) is 0.388. The fourth-order valence-corrected chi connectivity index (χ4v) is 10.6. The van der Waals surface area contributed by atoms with Gasteiger partial charge in [-0.3, -0.25) is 4.79 Å². The Kier molecular flexibility index (Phi) is 10.3. The number of ether oxygens (including phenoxy) is 1. The highest BCUT2D eigenvalue weighted by molar-refractivity contribution is 7.86. The zero-order chi connectivity index (χ0) is 36.0. The van der Waals surface area contributed by atoms with E-state index in [1.165, 1.54) is 24.5 Å². The summed E-state index contributed by atoms with van der Waals surface area (Å²) in [4.78, 5) is 24.5. The van der Waals surface area contributed by atoms with Crippen molar-refractivity contribution in [1.29, 1.82) is 0 Å². The Hall–Kier alpha value is -2.98. The van der Waals surface area contributed by atoms with E-state index in [2.05, 4.69) is 30.3 Å². The molecule has 5 fully saturated rings. The van der Waals surface area contributed by atoms with Gasteiger partial charge in [-0.15, -0.1) is 10.2 Å². The van der Waals surface area contributed by atoms with Gasteiger partial charge >= 0.3 is 0 Å². The van der Waals surface area contributed by atoms with Crippen LogP contribution in [0.5, 0.6) is 11.6 Å². The molecular weight excluding hydrogens is 674 g/mol. The standard InChI is InChI=1S/C36H54FN9O4S/c1-26(2)46(27(3)4)34(47)30-19-29(37)5-6-31(30)50-33-32(39-25-40-41-33)43-23-36(24-43)9-15-42(16-10-36)20-28-7-13-44(14-8-28)51(48,49)45-17-11-35(12-18-45)21-38-22-35/h5-6,19,25-28,38H,7-18,20-24H2,1-4H3. The van der Waals surface area contributed by atoms with Gasteiger partial charge in [0.15, 0.2) is 5.82 Å². The monoisotopic (exact) mass is 727 g/mol. The molecule has 1 amide bonds. The Morgan fingerprint density at radius 1 is 0.961 bits per heavy atom. The Morgan fingerprint density at radius 2 is 1.59 bits per heavy atom. The van der Waals surface area contributed by atoms with Crippen LogP contribution in [0.1, 0.15) is 76.6 Å². The lowest BCUT2D eigenvalue weighted by molar-refractivity contribution is 0.0599. The molecule has 0 saturated carbocycles. The number of halogens is 1. The summed E-state index contributed by atoms with van der Waals surface area (Å²) in [6.45, 7) is 17.0. The van der Waals surface area contributed by atoms with E-state index >= 15 is 0 Å². The third-order valence-electron chi connectivity index (χ3n) is 12.1. The van der Waals surface area contributed by atoms with Crippen molar-refractivity contribution in [2.45, 2.75) is 78.3 Å². The number of nitrogens with zero attached hydrogens (tertiary/aromatic N) is 8. The SMILES string of the molecule is CC(C)N(C(=O)c1cc(F)ccc1Oc1nncnc1N1CC2(CCN(CC3CCN(S(=O)(=O)N4CCC5(CC4)CNC5)CC3)CC2)C1)C(C)C. The van der Waals surface area contributed by atoms with Crippen LogP contribution in [0.25, 0.3) is 0 Å². The summed E-state index contributed by atoms with van der Waals surface area (Å²) in [7, 11) is -3.38. The number of carbonyl (C=O) groups excluding carboxylic acids is 1. The van der Waals surface area contributed by atoms with E-state index in [9.17, 15) is 17.6 Å². The molecule has 1 aromatic carbocycles. The van der Waals surface area contributed by atoms with Gasteiger partial charge in [-0.25, -0.2) is 9.37 Å². The van der Waals surface area contributed by atoms with Gasteiger partial charge in [0.1, 0.15) is 17.9 Å². The molecule has 15 heteroatoms. The number of aromatic nitrogens is 3. The number of hydrogen-bond acceptors (Lipinski definition) is 10. The molecule has 0 bridgehead atoms. The predicted octanol–water partition coefficient (Wildman–Crippen LogP) is 3.61. The Balaban J connectivity index is 0.901. The summed E-state index contributed by atoms with van der Waals surface area (Å²) in [6, 6.07) is 3.80. The van der Waals surface area contributed by atoms with Crippen LogP contribution in [0, 0.1) is 22.6 Å². The van der Waals surface area contributed by atoms with E-state index in [1.54, 1.807) is 13.5 Å². The Morgan fingerprint density at radius 3 is 2.20 bits per heavy atom. The lowest BCUT2D eigenvalue weighted by atomic mass is 9.72. The molecule has 0 atom stereocenters. The van der Waals surface area contributed by atoms with Gasteiger partial charge in [0.2, 0.25) is 0 Å². The number of nitrogens with one attached hydrogen (secondary N) is 1. The number of carbonyl (C=O) groups is 1. The second-order valence-corrected chi connectivity index (χ2v) is 18.2. The highest BCUT2D eigenvalue weighted by Crippen LogP contribution is 2.45. The molecule has 7 rings (SSSR count). The van der Waals surface area contributed by atoms with Crippen molar-refractivity contribution in [1.82, 2.24) is 38.9 Å². The van der Waals surface area contributed by atoms with E-state index in [4.69, 9.17) is 4.74 Å². The van der Waals surface area contributed by atoms with Crippen LogP contribution in [-0.2, 0) is 10.2 Å². The van der Waals surface area contributed by atoms with Crippen molar-refractivity contribution in [3.63, 3.8) is 0 Å². The zero-order valence-electron chi connectivity index (χ0n) is 30.6. The van der Waals surface area contributed by atoms with E-state index in [0.29, 0.717) is 43.3 Å². The lowest BCUT2D eigenvalue weighted by Gasteiger charge is -2.54. The second kappa shape index (κ2) is 14.4. The molecule has 0 unspecified atom stereocenters. The molecule has 0 aliphatic carbocycles. The van der Waals surface area contributed by atoms with Crippen molar-refractivity contribution in [2.24, 2.45) is 16.7 Å². The summed E-state index contributed by atoms with van der Waals surface area (Å²) in [5.74, 6) is 0.662. The van der Waals surface area contributed by atoms with E-state index in [1.807, 2.05) is 27.7 Å². The number of likely N-dealkylation sites (tertiary alicyclic amines) is 1. The number of anilines is 1. The summed E-state index contributed by atoms with van der Waals surface area (Å²) >= 11 is 0. The minimum Gasteiger partial charge on any atom is -0.434 e. The first-order chi connectivity index (χ1) is 24.4. The average Bonchev–Trinajstić information content (AvgIpc) is 3.08. The predicted molar refractivity (Wildman–Crippen MR) is 192 cm³/mol. The van der Waals surface area contributed by atoms with Crippen molar-refractivity contribution in [3.8, 4) is 11.6 Å². The molecule has 51 heavy (non-hydrogen) atoms. The second-order valence-electron chi connectivity index (χ2n) is 16.2. The fraction of sp³-hybridized carbons (Fsp3) is 0.722. The van der Waals surface area contributed by atoms with Gasteiger partial charge in [-0.05, 0) is 109 Å². The highest BCUT2D eigenvalue weighted by atomic mass is 32.2. The number of hydrogen-bond donors (Lipinski definition) is 1. The minimum atomic E-state index is -3.38. The molecule has 5 aliphatic heterocycles. The third-order valence-corrected chi connectivity index (χ3v) is 14.1. The maximum absolute atomic E-state index is 14.4. The number of piperidine rings is 3. The molecule has 5 saturated heterocycles. The summed E-state index contributed by atoms with van der Waals surface area (Å²) in [6.07, 6.45) is 7.30. The van der Waals surface area contributed by atoms with Crippen molar-refractivity contribution < 1.29 is 22.3 Å². The molecule has 5 aliphatic rings. The van der Waals surface area contributed by atoms with Crippen LogP contribution in [0.3, 0.4) is 0 Å². The molecule has 0 radical (unpaired) electrons. The smallest absolute Gasteiger partial charge is 0.282 e. The minimum absolute atomic E-state index is 0.0785. The highest BCUT2D eigenvalue weighted by Gasteiger charge is 2.47. The normalized spacial score (nSPS) is 23.1. The first kappa shape index (κ1) is 36.4. The van der Waals surface area contributed by atoms with Crippen molar-refractivity contribution >= 4 is 21.9 Å². The van der Waals surface area contributed by atoms with E-state index < -0.39 is 16.0 Å². The molecule has 6 heterocycles. The van der Waals surface area contributed by atoms with Crippen LogP contribution in [-0.4, -0.2) is 132 Å². The van der Waals surface area contributed by atoms with Crippen LogP contribution in [0.2, 0.25) is 0 Å². The van der Waals surface area contributed by atoms with Gasteiger partial charge < -0.3 is 24.8 Å². The molecule has 1 aromatic heterocycles. The third kappa shape index (κ3) is 7.46. The van der Waals surface area contributed by atoms with Crippen molar-refractivity contribution in [3.05, 3.63) is 35.9 Å². The molecular formula is C36H54FN9O4S. The summed E-state index contributed by atoms with van der Waals surface area (Å²) in [5, 5.41) is 11.5. The van der Waals surface area contributed by atoms with Gasteiger partial charge in [0.25, 0.3) is 22.0 Å². The van der Waals surface area contributed by atoms with Crippen molar-refractivity contribution in [2.75, 3.05) is 76.9 Å². The van der Waals surface area contributed by atoms with Crippen LogP contribution < -0.4 is 15.0 Å². The largest absolute Gasteiger partial charge is 0.434 e. The van der Waals surface area contributed by atoms with Crippen LogP contribution in [0.4, 0.5) is 10.2 Å². The van der Waals surface area contributed by atoms with E-state index in [0.717, 1.165) is 84.3 Å². The molecule has 2 spiro atoms. The molecule has 13 nitrogen and oxygen atoms in total. The van der Waals surface area contributed by atoms with Gasteiger partial charge in [0.05, 0.1) is 5.56 Å². The Bertz CT molecular complexity index is 1650. The molecule has 2 aromatic rings. The first-order valence-corrected chi connectivity index (χ1v) is 20.2. The van der Waals surface area contributed by atoms with E-state index in [-0.39, 0.29) is 40.6 Å². The fourth-order valence-electron chi connectivity index (χ4n) is 8.92. The van der Waals surface area contributed by atoms with Crippen LogP contribution in [0.15, 0.2) is 24.5 Å². The number of rotatable bonds is 10. The van der Waals surface area contributed by atoms with Gasteiger partial charge in [0, 0.05) is 76.4 Å². The van der Waals surface area contributed by atoms with Crippen LogP contribution >= 0.6 is 0 Å². The molecule has 1 N–H and O–H groups in total.